The highest BCUT2D eigenvalue weighted by Crippen LogP contribution is 2.19. The molecule has 1 atom stereocenters. The van der Waals surface area contributed by atoms with Gasteiger partial charge in [-0.2, -0.15) is 0 Å². The van der Waals surface area contributed by atoms with Crippen LogP contribution >= 0.6 is 0 Å². The molecule has 0 saturated carbocycles. The Balaban J connectivity index is 2.14. The lowest BCUT2D eigenvalue weighted by Crippen LogP contribution is -2.29. The third-order valence-electron chi connectivity index (χ3n) is 3.30. The first-order chi connectivity index (χ1) is 10.0. The maximum absolute atomic E-state index is 11.3. The topological polar surface area (TPSA) is 118 Å². The molecular formula is C14H17N3O4. The number of rotatable bonds is 5. The van der Waals surface area contributed by atoms with Gasteiger partial charge in [0, 0.05) is 12.5 Å². The van der Waals surface area contributed by atoms with E-state index in [9.17, 15) is 14.4 Å². The minimum atomic E-state index is -0.695. The van der Waals surface area contributed by atoms with Crippen LogP contribution in [0, 0.1) is 0 Å². The van der Waals surface area contributed by atoms with Gasteiger partial charge in [-0.05, 0) is 30.5 Å². The number of carbonyl (C=O) groups is 1. The minimum Gasteiger partial charge on any atom is -0.469 e. The molecule has 1 aromatic carbocycles. The summed E-state index contributed by atoms with van der Waals surface area (Å²) in [4.78, 5) is 38.6. The molecule has 1 unspecified atom stereocenters. The predicted molar refractivity (Wildman–Crippen MR) is 78.0 cm³/mol. The van der Waals surface area contributed by atoms with E-state index >= 15 is 0 Å². The Labute approximate surface area is 120 Å². The first-order valence-corrected chi connectivity index (χ1v) is 6.60. The van der Waals surface area contributed by atoms with E-state index in [0.29, 0.717) is 30.3 Å². The molecule has 4 N–H and O–H groups in total. The molecule has 0 aliphatic carbocycles. The van der Waals surface area contributed by atoms with Crippen molar-refractivity contribution in [1.82, 2.24) is 9.97 Å². The second-order valence-electron chi connectivity index (χ2n) is 4.79. The zero-order valence-corrected chi connectivity index (χ0v) is 11.6. The van der Waals surface area contributed by atoms with E-state index in [1.54, 1.807) is 18.2 Å². The highest BCUT2D eigenvalue weighted by Gasteiger charge is 2.09. The lowest BCUT2D eigenvalue weighted by molar-refractivity contribution is -0.140. The van der Waals surface area contributed by atoms with Crippen molar-refractivity contribution in [2.24, 2.45) is 5.73 Å². The number of nitrogens with one attached hydrogen (secondary N) is 2. The summed E-state index contributed by atoms with van der Waals surface area (Å²) in [6, 6.07) is 4.96. The Morgan fingerprint density at radius 1 is 1.24 bits per heavy atom. The van der Waals surface area contributed by atoms with Crippen LogP contribution in [-0.4, -0.2) is 23.0 Å². The molecular weight excluding hydrogens is 274 g/mol. The van der Waals surface area contributed by atoms with E-state index in [0.717, 1.165) is 5.56 Å². The number of carbonyl (C=O) groups excluding carboxylic acids is 1. The Kier molecular flexibility index (Phi) is 4.54. The Hall–Kier alpha value is -2.41. The molecule has 2 aromatic rings. The lowest BCUT2D eigenvalue weighted by Gasteiger charge is -2.12. The van der Waals surface area contributed by atoms with E-state index in [-0.39, 0.29) is 12.0 Å². The van der Waals surface area contributed by atoms with Gasteiger partial charge in [-0.25, -0.2) is 0 Å². The summed E-state index contributed by atoms with van der Waals surface area (Å²) in [6.07, 6.45) is 1.56. The Bertz CT molecular complexity index is 763. The van der Waals surface area contributed by atoms with Crippen LogP contribution in [0.2, 0.25) is 0 Å². The summed E-state index contributed by atoms with van der Waals surface area (Å²) in [6.45, 7) is 0. The van der Waals surface area contributed by atoms with Crippen molar-refractivity contribution >= 4 is 17.0 Å². The maximum Gasteiger partial charge on any atom is 0.314 e. The van der Waals surface area contributed by atoms with Gasteiger partial charge >= 0.3 is 17.1 Å². The number of benzene rings is 1. The van der Waals surface area contributed by atoms with E-state index in [4.69, 9.17) is 5.73 Å². The Morgan fingerprint density at radius 3 is 2.57 bits per heavy atom. The fraction of sp³-hybridized carbons (Fsp3) is 0.357. The second-order valence-corrected chi connectivity index (χ2v) is 4.79. The normalized spacial score (nSPS) is 12.3. The predicted octanol–water partition coefficient (Wildman–Crippen LogP) is 0.560. The molecule has 7 nitrogen and oxygen atoms in total. The second kappa shape index (κ2) is 6.36. The average Bonchev–Trinajstić information content (AvgIpc) is 2.47. The van der Waals surface area contributed by atoms with Crippen LogP contribution in [0.25, 0.3) is 11.0 Å². The molecule has 0 fully saturated rings. The third kappa shape index (κ3) is 3.57. The highest BCUT2D eigenvalue weighted by molar-refractivity contribution is 5.74. The first kappa shape index (κ1) is 15.0. The molecule has 0 spiro atoms. The summed E-state index contributed by atoms with van der Waals surface area (Å²) >= 11 is 0. The van der Waals surface area contributed by atoms with E-state index in [1.165, 1.54) is 7.11 Å². The Morgan fingerprint density at radius 2 is 1.90 bits per heavy atom. The van der Waals surface area contributed by atoms with Crippen LogP contribution in [0.5, 0.6) is 0 Å². The number of hydrogen-bond donors (Lipinski definition) is 3. The number of esters is 1. The van der Waals surface area contributed by atoms with Crippen molar-refractivity contribution in [2.45, 2.75) is 25.3 Å². The number of H-pyrrole nitrogens is 2. The molecule has 7 heteroatoms. The quantitative estimate of drug-likeness (QED) is 0.549. The zero-order valence-electron chi connectivity index (χ0n) is 11.6. The van der Waals surface area contributed by atoms with Gasteiger partial charge in [0.2, 0.25) is 0 Å². The molecule has 0 bridgehead atoms. The van der Waals surface area contributed by atoms with E-state index in [2.05, 4.69) is 14.7 Å². The molecule has 1 aromatic heterocycles. The van der Waals surface area contributed by atoms with Crippen molar-refractivity contribution in [2.75, 3.05) is 7.11 Å². The van der Waals surface area contributed by atoms with Crippen LogP contribution in [0.3, 0.4) is 0 Å². The van der Waals surface area contributed by atoms with Crippen LogP contribution < -0.4 is 16.9 Å². The minimum absolute atomic E-state index is 0.255. The average molecular weight is 291 g/mol. The molecule has 0 radical (unpaired) electrons. The van der Waals surface area contributed by atoms with Crippen LogP contribution in [0.4, 0.5) is 0 Å². The number of aromatic amines is 2. The summed E-state index contributed by atoms with van der Waals surface area (Å²) in [5.41, 5.74) is 6.59. The van der Waals surface area contributed by atoms with Gasteiger partial charge in [-0.1, -0.05) is 6.07 Å². The molecule has 0 aliphatic heterocycles. The smallest absolute Gasteiger partial charge is 0.314 e. The van der Waals surface area contributed by atoms with Gasteiger partial charge in [-0.15, -0.1) is 0 Å². The van der Waals surface area contributed by atoms with Gasteiger partial charge in [0.15, 0.2) is 0 Å². The lowest BCUT2D eigenvalue weighted by atomic mass is 10.0. The van der Waals surface area contributed by atoms with Crippen molar-refractivity contribution in [3.8, 4) is 0 Å². The molecule has 2 rings (SSSR count). The van der Waals surface area contributed by atoms with Crippen LogP contribution in [0.1, 0.15) is 30.9 Å². The number of methoxy groups -OCH3 is 1. The SMILES string of the molecule is COC(=O)CCCC(N)c1ccc2[nH]c(=O)c(=O)[nH]c2c1. The van der Waals surface area contributed by atoms with Gasteiger partial charge in [0.25, 0.3) is 0 Å². The number of ether oxygens (including phenoxy) is 1. The molecule has 112 valence electrons. The van der Waals surface area contributed by atoms with Crippen molar-refractivity contribution in [1.29, 1.82) is 0 Å². The standard InChI is InChI=1S/C14H17N3O4/c1-21-12(18)4-2-3-9(15)8-5-6-10-11(7-8)17-14(20)13(19)16-10/h5-7,9H,2-4,15H2,1H3,(H,16,19)(H,17,20). The molecule has 1 heterocycles. The number of fused-ring (bicyclic) bond motifs is 1. The van der Waals surface area contributed by atoms with Gasteiger partial charge in [0.05, 0.1) is 18.1 Å². The number of aromatic nitrogens is 2. The highest BCUT2D eigenvalue weighted by atomic mass is 16.5. The van der Waals surface area contributed by atoms with Gasteiger partial charge < -0.3 is 20.4 Å². The number of nitrogens with two attached hydrogens (primary N) is 1. The van der Waals surface area contributed by atoms with Crippen LogP contribution in [-0.2, 0) is 9.53 Å². The van der Waals surface area contributed by atoms with E-state index in [1.807, 2.05) is 0 Å². The van der Waals surface area contributed by atoms with Crippen LogP contribution in [0.15, 0.2) is 27.8 Å². The van der Waals surface area contributed by atoms with Crippen molar-refractivity contribution in [3.05, 3.63) is 44.5 Å². The van der Waals surface area contributed by atoms with E-state index < -0.39 is 11.1 Å². The summed E-state index contributed by atoms with van der Waals surface area (Å²) in [5.74, 6) is -0.261. The summed E-state index contributed by atoms with van der Waals surface area (Å²) in [7, 11) is 1.35. The molecule has 0 amide bonds. The summed E-state index contributed by atoms with van der Waals surface area (Å²) < 4.78 is 4.57. The number of hydrogen-bond acceptors (Lipinski definition) is 5. The third-order valence-corrected chi connectivity index (χ3v) is 3.30. The zero-order chi connectivity index (χ0) is 15.4. The summed E-state index contributed by atoms with van der Waals surface area (Å²) in [5, 5.41) is 0. The van der Waals surface area contributed by atoms with Crippen molar-refractivity contribution < 1.29 is 9.53 Å². The fourth-order valence-corrected chi connectivity index (χ4v) is 2.10. The molecule has 21 heavy (non-hydrogen) atoms. The first-order valence-electron chi connectivity index (χ1n) is 6.60. The molecule has 0 saturated heterocycles. The van der Waals surface area contributed by atoms with Gasteiger partial charge in [0.1, 0.15) is 0 Å². The van der Waals surface area contributed by atoms with Gasteiger partial charge in [-0.3, -0.25) is 14.4 Å². The fourth-order valence-electron chi connectivity index (χ4n) is 2.10. The maximum atomic E-state index is 11.3. The molecule has 0 aliphatic rings. The monoisotopic (exact) mass is 291 g/mol. The largest absolute Gasteiger partial charge is 0.469 e. The van der Waals surface area contributed by atoms with Crippen molar-refractivity contribution in [3.63, 3.8) is 0 Å².